The molecule has 0 aliphatic rings. The Bertz CT molecular complexity index is 1150. The molecule has 0 aliphatic heterocycles. The lowest BCUT2D eigenvalue weighted by Gasteiger charge is -2.26. The van der Waals surface area contributed by atoms with Crippen LogP contribution in [0.25, 0.3) is 22.0 Å². The number of aliphatic hydroxyl groups excluding tert-OH is 1. The summed E-state index contributed by atoms with van der Waals surface area (Å²) in [5, 5.41) is 15.1. The number of nitrogens with zero attached hydrogens (tertiary/aromatic N) is 1. The first-order valence-electron chi connectivity index (χ1n) is 9.94. The van der Waals surface area contributed by atoms with E-state index < -0.39 is 12.1 Å². The fourth-order valence-corrected chi connectivity index (χ4v) is 4.03. The average molecular weight is 404 g/mol. The van der Waals surface area contributed by atoms with Gasteiger partial charge in [0.1, 0.15) is 11.6 Å². The second-order valence-electron chi connectivity index (χ2n) is 7.32. The molecule has 0 saturated heterocycles. The van der Waals surface area contributed by atoms with Crippen molar-refractivity contribution in [2.45, 2.75) is 12.1 Å². The van der Waals surface area contributed by atoms with Crippen LogP contribution < -0.4 is 10.1 Å². The van der Waals surface area contributed by atoms with Gasteiger partial charge in [-0.25, -0.2) is 4.39 Å². The van der Waals surface area contributed by atoms with Gasteiger partial charge in [0.25, 0.3) is 0 Å². The predicted octanol–water partition coefficient (Wildman–Crippen LogP) is 4.63. The minimum absolute atomic E-state index is 0.321. The molecule has 4 nitrogen and oxygen atoms in total. The van der Waals surface area contributed by atoms with Gasteiger partial charge in [-0.05, 0) is 48.5 Å². The zero-order valence-corrected chi connectivity index (χ0v) is 17.0. The molecule has 1 aromatic heterocycles. The summed E-state index contributed by atoms with van der Waals surface area (Å²) in [6, 6.07) is 22.0. The maximum Gasteiger partial charge on any atom is 0.123 e. The van der Waals surface area contributed by atoms with E-state index in [0.29, 0.717) is 6.54 Å². The number of ether oxygens (including phenoxy) is 1. The van der Waals surface area contributed by atoms with Crippen LogP contribution in [0.1, 0.15) is 11.6 Å². The summed E-state index contributed by atoms with van der Waals surface area (Å²) in [6.45, 7) is 0.377. The first-order chi connectivity index (χ1) is 14.6. The monoisotopic (exact) mass is 404 g/mol. The average Bonchev–Trinajstić information content (AvgIpc) is 3.14. The number of hydrogen-bond acceptors (Lipinski definition) is 3. The number of likely N-dealkylation sites (N-methyl/N-ethyl adjacent to an activating group) is 1. The molecule has 4 aromatic rings. The van der Waals surface area contributed by atoms with Crippen LogP contribution in [0, 0.1) is 5.82 Å². The van der Waals surface area contributed by atoms with Crippen LogP contribution in [0.2, 0.25) is 0 Å². The van der Waals surface area contributed by atoms with Crippen molar-refractivity contribution in [2.75, 3.05) is 20.7 Å². The molecule has 0 spiro atoms. The second-order valence-corrected chi connectivity index (χ2v) is 7.32. The van der Waals surface area contributed by atoms with Gasteiger partial charge in [0.15, 0.2) is 0 Å². The van der Waals surface area contributed by atoms with E-state index in [9.17, 15) is 9.50 Å². The number of para-hydroxylation sites is 1. The third kappa shape index (κ3) is 3.82. The molecule has 154 valence electrons. The van der Waals surface area contributed by atoms with Crippen molar-refractivity contribution in [1.29, 1.82) is 0 Å². The van der Waals surface area contributed by atoms with E-state index in [1.165, 1.54) is 12.1 Å². The SMILES string of the molecule is CNCC(O)C(c1cccc(F)c1)n1cc(-c2cccc(OC)c2)c2ccccc21. The Morgan fingerprint density at radius 3 is 2.60 bits per heavy atom. The number of rotatable bonds is 7. The number of aromatic nitrogens is 1. The van der Waals surface area contributed by atoms with Crippen LogP contribution in [-0.2, 0) is 0 Å². The first-order valence-corrected chi connectivity index (χ1v) is 9.94. The number of aliphatic hydroxyl groups is 1. The molecule has 0 aliphatic carbocycles. The fraction of sp³-hybridized carbons (Fsp3) is 0.200. The summed E-state index contributed by atoms with van der Waals surface area (Å²) in [6.07, 6.45) is 1.29. The number of methoxy groups -OCH3 is 1. The van der Waals surface area contributed by atoms with Crippen molar-refractivity contribution in [1.82, 2.24) is 9.88 Å². The molecule has 0 radical (unpaired) electrons. The highest BCUT2D eigenvalue weighted by Gasteiger charge is 2.25. The Balaban J connectivity index is 1.93. The highest BCUT2D eigenvalue weighted by molar-refractivity contribution is 5.96. The van der Waals surface area contributed by atoms with E-state index in [1.807, 2.05) is 59.3 Å². The summed E-state index contributed by atoms with van der Waals surface area (Å²) >= 11 is 0. The topological polar surface area (TPSA) is 46.4 Å². The first kappa shape index (κ1) is 20.1. The summed E-state index contributed by atoms with van der Waals surface area (Å²) < 4.78 is 21.5. The minimum atomic E-state index is -0.745. The molecular formula is C25H25FN2O2. The molecule has 1 heterocycles. The van der Waals surface area contributed by atoms with Crippen LogP contribution in [0.15, 0.2) is 79.0 Å². The lowest BCUT2D eigenvalue weighted by Crippen LogP contribution is -2.33. The van der Waals surface area contributed by atoms with Gasteiger partial charge in [0.05, 0.1) is 19.3 Å². The Morgan fingerprint density at radius 2 is 1.83 bits per heavy atom. The van der Waals surface area contributed by atoms with Crippen LogP contribution in [-0.4, -0.2) is 36.5 Å². The van der Waals surface area contributed by atoms with E-state index in [1.54, 1.807) is 20.2 Å². The number of nitrogens with one attached hydrogen (secondary N) is 1. The lowest BCUT2D eigenvalue weighted by atomic mass is 10.0. The molecule has 30 heavy (non-hydrogen) atoms. The summed E-state index contributed by atoms with van der Waals surface area (Å²) in [4.78, 5) is 0. The maximum absolute atomic E-state index is 14.0. The smallest absolute Gasteiger partial charge is 0.123 e. The van der Waals surface area contributed by atoms with E-state index in [2.05, 4.69) is 11.4 Å². The molecule has 3 aromatic carbocycles. The molecule has 0 fully saturated rings. The Labute approximate surface area is 175 Å². The minimum Gasteiger partial charge on any atom is -0.497 e. The van der Waals surface area contributed by atoms with Crippen LogP contribution in [0.4, 0.5) is 4.39 Å². The van der Waals surface area contributed by atoms with Crippen molar-refractivity contribution >= 4 is 10.9 Å². The number of halogens is 1. The number of hydrogen-bond donors (Lipinski definition) is 2. The fourth-order valence-electron chi connectivity index (χ4n) is 4.03. The van der Waals surface area contributed by atoms with E-state index in [-0.39, 0.29) is 5.82 Å². The predicted molar refractivity (Wildman–Crippen MR) is 118 cm³/mol. The lowest BCUT2D eigenvalue weighted by molar-refractivity contribution is 0.132. The Morgan fingerprint density at radius 1 is 1.03 bits per heavy atom. The van der Waals surface area contributed by atoms with Gasteiger partial charge in [-0.15, -0.1) is 0 Å². The molecular weight excluding hydrogens is 379 g/mol. The third-order valence-corrected chi connectivity index (χ3v) is 5.39. The van der Waals surface area contributed by atoms with Crippen molar-refractivity contribution in [3.8, 4) is 16.9 Å². The Kier molecular flexibility index (Phi) is 5.84. The summed E-state index contributed by atoms with van der Waals surface area (Å²) in [5.74, 6) is 0.458. The van der Waals surface area contributed by atoms with E-state index in [0.717, 1.165) is 33.3 Å². The maximum atomic E-state index is 14.0. The van der Waals surface area contributed by atoms with Gasteiger partial charge in [-0.2, -0.15) is 0 Å². The van der Waals surface area contributed by atoms with Gasteiger partial charge in [-0.1, -0.05) is 42.5 Å². The molecule has 5 heteroatoms. The molecule has 2 unspecified atom stereocenters. The molecule has 0 bridgehead atoms. The highest BCUT2D eigenvalue weighted by atomic mass is 19.1. The highest BCUT2D eigenvalue weighted by Crippen LogP contribution is 2.36. The van der Waals surface area contributed by atoms with Crippen LogP contribution >= 0.6 is 0 Å². The van der Waals surface area contributed by atoms with E-state index in [4.69, 9.17) is 4.74 Å². The molecule has 0 saturated carbocycles. The standard InChI is InChI=1S/C25H25FN2O2/c1-27-15-24(29)25(18-8-5-9-19(26)13-18)28-16-22(21-11-3-4-12-23(21)28)17-7-6-10-20(14-17)30-2/h3-14,16,24-25,27,29H,15H2,1-2H3. The summed E-state index contributed by atoms with van der Waals surface area (Å²) in [5.41, 5.74) is 3.74. The van der Waals surface area contributed by atoms with Crippen LogP contribution in [0.3, 0.4) is 0 Å². The van der Waals surface area contributed by atoms with Gasteiger partial charge >= 0.3 is 0 Å². The van der Waals surface area contributed by atoms with Crippen molar-refractivity contribution in [3.05, 3.63) is 90.4 Å². The molecule has 2 N–H and O–H groups in total. The van der Waals surface area contributed by atoms with Crippen molar-refractivity contribution in [2.24, 2.45) is 0 Å². The zero-order valence-electron chi connectivity index (χ0n) is 17.0. The largest absolute Gasteiger partial charge is 0.497 e. The second kappa shape index (κ2) is 8.69. The van der Waals surface area contributed by atoms with Gasteiger partial charge < -0.3 is 19.7 Å². The van der Waals surface area contributed by atoms with Gasteiger partial charge in [-0.3, -0.25) is 0 Å². The normalized spacial score (nSPS) is 13.3. The van der Waals surface area contributed by atoms with E-state index >= 15 is 0 Å². The zero-order chi connectivity index (χ0) is 21.1. The number of fused-ring (bicyclic) bond motifs is 1. The van der Waals surface area contributed by atoms with Gasteiger partial charge in [0, 0.05) is 29.2 Å². The van der Waals surface area contributed by atoms with Crippen molar-refractivity contribution < 1.29 is 14.2 Å². The Hall–Kier alpha value is -3.15. The molecule has 4 rings (SSSR count). The van der Waals surface area contributed by atoms with Gasteiger partial charge in [0.2, 0.25) is 0 Å². The molecule has 0 amide bonds. The number of benzene rings is 3. The quantitative estimate of drug-likeness (QED) is 0.472. The van der Waals surface area contributed by atoms with Crippen LogP contribution in [0.5, 0.6) is 5.75 Å². The van der Waals surface area contributed by atoms with Crippen molar-refractivity contribution in [3.63, 3.8) is 0 Å². The third-order valence-electron chi connectivity index (χ3n) is 5.39. The molecule has 2 atom stereocenters. The summed E-state index contributed by atoms with van der Waals surface area (Å²) in [7, 11) is 3.44.